The first-order valence-corrected chi connectivity index (χ1v) is 11.6. The van der Waals surface area contributed by atoms with E-state index >= 15 is 0 Å². The molecule has 2 aromatic rings. The highest BCUT2D eigenvalue weighted by atomic mass is 35.5. The van der Waals surface area contributed by atoms with Crippen LogP contribution in [-0.2, 0) is 12.8 Å². The number of rotatable bonds is 6. The van der Waals surface area contributed by atoms with Crippen LogP contribution in [0.15, 0.2) is 18.2 Å². The van der Waals surface area contributed by atoms with E-state index in [4.69, 9.17) is 21.6 Å². The van der Waals surface area contributed by atoms with Gasteiger partial charge in [-0.15, -0.1) is 0 Å². The summed E-state index contributed by atoms with van der Waals surface area (Å²) >= 11 is 6.32. The lowest BCUT2D eigenvalue weighted by Crippen LogP contribution is -2.53. The van der Waals surface area contributed by atoms with Gasteiger partial charge in [-0.1, -0.05) is 31.5 Å². The second-order valence-electron chi connectivity index (χ2n) is 9.08. The highest BCUT2D eigenvalue weighted by molar-refractivity contribution is 6.31. The lowest BCUT2D eigenvalue weighted by atomic mass is 10.0. The highest BCUT2D eigenvalue weighted by Crippen LogP contribution is 2.29. The molecule has 0 radical (unpaired) electrons. The van der Waals surface area contributed by atoms with Gasteiger partial charge in [-0.05, 0) is 38.8 Å². The molecule has 1 aliphatic rings. The van der Waals surface area contributed by atoms with Crippen molar-refractivity contribution in [2.45, 2.75) is 53.5 Å². The number of nitrogens with zero attached hydrogens (tertiary/aromatic N) is 4. The molecule has 0 saturated carbocycles. The van der Waals surface area contributed by atoms with Crippen molar-refractivity contribution >= 4 is 23.4 Å². The number of anilines is 1. The van der Waals surface area contributed by atoms with Crippen LogP contribution in [0.1, 0.15) is 50.3 Å². The third kappa shape index (κ3) is 5.88. The molecule has 2 amide bonds. The maximum absolute atomic E-state index is 14.5. The van der Waals surface area contributed by atoms with Crippen LogP contribution in [-0.4, -0.2) is 53.1 Å². The number of carbonyl (C=O) groups is 1. The lowest BCUT2D eigenvalue weighted by molar-refractivity contribution is 0.191. The van der Waals surface area contributed by atoms with Gasteiger partial charge in [0.25, 0.3) is 0 Å². The number of halogens is 2. The van der Waals surface area contributed by atoms with Crippen molar-refractivity contribution in [1.29, 1.82) is 0 Å². The summed E-state index contributed by atoms with van der Waals surface area (Å²) in [5.74, 6) is 1.70. The van der Waals surface area contributed by atoms with E-state index in [1.807, 2.05) is 25.7 Å². The van der Waals surface area contributed by atoms with Gasteiger partial charge >= 0.3 is 6.03 Å². The Hall–Kier alpha value is -2.41. The molecule has 8 heteroatoms. The number of hydrogen-bond donors (Lipinski definition) is 1. The second kappa shape index (κ2) is 10.5. The van der Waals surface area contributed by atoms with Crippen molar-refractivity contribution in [3.05, 3.63) is 51.7 Å². The number of benzene rings is 1. The predicted molar refractivity (Wildman–Crippen MR) is 127 cm³/mol. The molecule has 0 spiro atoms. The fourth-order valence-electron chi connectivity index (χ4n) is 3.90. The van der Waals surface area contributed by atoms with E-state index in [9.17, 15) is 9.18 Å². The molecule has 1 saturated heterocycles. The smallest absolute Gasteiger partial charge is 0.317 e. The zero-order valence-corrected chi connectivity index (χ0v) is 20.3. The molecule has 1 aromatic heterocycles. The Labute approximate surface area is 195 Å². The highest BCUT2D eigenvalue weighted by Gasteiger charge is 2.26. The summed E-state index contributed by atoms with van der Waals surface area (Å²) in [4.78, 5) is 26.0. The maximum atomic E-state index is 14.5. The molecule has 0 unspecified atom stereocenters. The first-order valence-electron chi connectivity index (χ1n) is 11.2. The Morgan fingerprint density at radius 2 is 1.81 bits per heavy atom. The molecule has 1 fully saturated rings. The van der Waals surface area contributed by atoms with Crippen LogP contribution in [0.4, 0.5) is 15.0 Å². The third-order valence-corrected chi connectivity index (χ3v) is 5.88. The normalized spacial score (nSPS) is 14.4. The maximum Gasteiger partial charge on any atom is 0.317 e. The number of aromatic nitrogens is 2. The van der Waals surface area contributed by atoms with Crippen LogP contribution in [0, 0.1) is 18.7 Å². The Bertz CT molecular complexity index is 937. The molecule has 1 aliphatic heterocycles. The van der Waals surface area contributed by atoms with Gasteiger partial charge in [0.05, 0.1) is 0 Å². The minimum atomic E-state index is -0.329. The Balaban J connectivity index is 1.91. The Kier molecular flexibility index (Phi) is 7.93. The van der Waals surface area contributed by atoms with Gasteiger partial charge in [0.1, 0.15) is 17.5 Å². The molecule has 0 bridgehead atoms. The Morgan fingerprint density at radius 1 is 1.12 bits per heavy atom. The van der Waals surface area contributed by atoms with Crippen LogP contribution in [0.3, 0.4) is 0 Å². The molecule has 174 valence electrons. The minimum Gasteiger partial charge on any atom is -0.353 e. The molecular formula is C24H33ClFN5O. The number of amides is 2. The lowest BCUT2D eigenvalue weighted by Gasteiger charge is -2.37. The number of aryl methyl sites for hydroxylation is 1. The summed E-state index contributed by atoms with van der Waals surface area (Å²) in [5.41, 5.74) is 2.17. The predicted octanol–water partition coefficient (Wildman–Crippen LogP) is 4.61. The van der Waals surface area contributed by atoms with Crippen LogP contribution < -0.4 is 10.2 Å². The summed E-state index contributed by atoms with van der Waals surface area (Å²) in [6, 6.07) is 4.79. The summed E-state index contributed by atoms with van der Waals surface area (Å²) in [7, 11) is 0. The van der Waals surface area contributed by atoms with E-state index in [1.54, 1.807) is 12.1 Å². The molecular weight excluding hydrogens is 429 g/mol. The molecule has 1 aromatic carbocycles. The van der Waals surface area contributed by atoms with Gasteiger partial charge in [-0.2, -0.15) is 0 Å². The molecule has 1 N–H and O–H groups in total. The number of carbonyl (C=O) groups excluding carboxylic acids is 1. The quantitative estimate of drug-likeness (QED) is 0.682. The van der Waals surface area contributed by atoms with E-state index in [2.05, 4.69) is 24.1 Å². The average molecular weight is 462 g/mol. The van der Waals surface area contributed by atoms with Gasteiger partial charge < -0.3 is 15.1 Å². The van der Waals surface area contributed by atoms with Crippen LogP contribution in [0.25, 0.3) is 0 Å². The zero-order valence-electron chi connectivity index (χ0n) is 19.6. The van der Waals surface area contributed by atoms with E-state index in [-0.39, 0.29) is 17.9 Å². The topological polar surface area (TPSA) is 61.4 Å². The van der Waals surface area contributed by atoms with E-state index in [0.29, 0.717) is 49.1 Å². The van der Waals surface area contributed by atoms with Crippen molar-refractivity contribution in [2.24, 2.45) is 5.92 Å². The van der Waals surface area contributed by atoms with Gasteiger partial charge in [0.15, 0.2) is 0 Å². The first-order chi connectivity index (χ1) is 15.2. The fourth-order valence-corrected chi connectivity index (χ4v) is 4.13. The van der Waals surface area contributed by atoms with Gasteiger partial charge in [-0.25, -0.2) is 19.2 Å². The Morgan fingerprint density at radius 3 is 2.41 bits per heavy atom. The number of nitrogens with one attached hydrogen (secondary N) is 1. The first kappa shape index (κ1) is 24.2. The zero-order chi connectivity index (χ0) is 23.4. The van der Waals surface area contributed by atoms with Crippen molar-refractivity contribution in [2.75, 3.05) is 31.1 Å². The molecule has 3 rings (SSSR count). The molecule has 0 aliphatic carbocycles. The van der Waals surface area contributed by atoms with Crippen molar-refractivity contribution < 1.29 is 9.18 Å². The van der Waals surface area contributed by atoms with Crippen LogP contribution in [0.2, 0.25) is 5.02 Å². The third-order valence-electron chi connectivity index (χ3n) is 5.52. The average Bonchev–Trinajstić information content (AvgIpc) is 2.71. The standard InChI is InChI=1S/C24H33ClFN5O/c1-15(2)13-22-28-17(5)18(14-19-20(25)7-6-8-21(19)26)23(29-22)30-9-11-31(12-10-30)24(32)27-16(3)4/h6-8,15-16H,9-14H2,1-5H3,(H,27,32). The fraction of sp³-hybridized carbons (Fsp3) is 0.542. The van der Waals surface area contributed by atoms with Gasteiger partial charge in [0, 0.05) is 66.9 Å². The van der Waals surface area contributed by atoms with E-state index in [1.165, 1.54) is 6.07 Å². The molecule has 0 atom stereocenters. The van der Waals surface area contributed by atoms with Crippen molar-refractivity contribution in [3.63, 3.8) is 0 Å². The van der Waals surface area contributed by atoms with Gasteiger partial charge in [-0.3, -0.25) is 0 Å². The monoisotopic (exact) mass is 461 g/mol. The van der Waals surface area contributed by atoms with Crippen molar-refractivity contribution in [1.82, 2.24) is 20.2 Å². The summed E-state index contributed by atoms with van der Waals surface area (Å²) < 4.78 is 14.5. The summed E-state index contributed by atoms with van der Waals surface area (Å²) in [6.07, 6.45) is 1.09. The van der Waals surface area contributed by atoms with Crippen LogP contribution in [0.5, 0.6) is 0 Å². The molecule has 6 nitrogen and oxygen atoms in total. The van der Waals surface area contributed by atoms with E-state index < -0.39 is 0 Å². The molecule has 2 heterocycles. The van der Waals surface area contributed by atoms with Crippen molar-refractivity contribution in [3.8, 4) is 0 Å². The number of hydrogen-bond acceptors (Lipinski definition) is 4. The summed E-state index contributed by atoms with van der Waals surface area (Å²) in [6.45, 7) is 12.6. The van der Waals surface area contributed by atoms with Gasteiger partial charge in [0.2, 0.25) is 0 Å². The largest absolute Gasteiger partial charge is 0.353 e. The van der Waals surface area contributed by atoms with Crippen LogP contribution >= 0.6 is 11.6 Å². The number of piperazine rings is 1. The molecule has 32 heavy (non-hydrogen) atoms. The second-order valence-corrected chi connectivity index (χ2v) is 9.49. The van der Waals surface area contributed by atoms with E-state index in [0.717, 1.165) is 29.3 Å². The summed E-state index contributed by atoms with van der Waals surface area (Å²) in [5, 5.41) is 3.35. The number of urea groups is 1. The minimum absolute atomic E-state index is 0.0441. The SMILES string of the molecule is Cc1nc(CC(C)C)nc(N2CCN(C(=O)NC(C)C)CC2)c1Cc1c(F)cccc1Cl.